The van der Waals surface area contributed by atoms with Crippen LogP contribution in [0.2, 0.25) is 0 Å². The van der Waals surface area contributed by atoms with Gasteiger partial charge in [-0.25, -0.2) is 13.6 Å². The number of benzene rings is 1. The lowest BCUT2D eigenvalue weighted by Crippen LogP contribution is -2.18. The summed E-state index contributed by atoms with van der Waals surface area (Å²) in [6, 6.07) is 11.0. The molecule has 0 aliphatic heterocycles. The van der Waals surface area contributed by atoms with Crippen molar-refractivity contribution in [3.63, 3.8) is 0 Å². The molecule has 0 saturated carbocycles. The third-order valence-corrected chi connectivity index (χ3v) is 4.98. The van der Waals surface area contributed by atoms with Crippen LogP contribution in [0.4, 0.5) is 0 Å². The predicted octanol–water partition coefficient (Wildman–Crippen LogP) is 2.55. The maximum absolute atomic E-state index is 11.3. The van der Waals surface area contributed by atoms with Crippen molar-refractivity contribution in [2.24, 2.45) is 5.14 Å². The van der Waals surface area contributed by atoms with E-state index in [9.17, 15) is 8.42 Å². The number of primary sulfonamides is 1. The van der Waals surface area contributed by atoms with Gasteiger partial charge in [-0.3, -0.25) is 0 Å². The van der Waals surface area contributed by atoms with Crippen LogP contribution in [0.5, 0.6) is 0 Å². The molecule has 0 aliphatic rings. The number of sulfonamides is 1. The number of hydrogen-bond acceptors (Lipinski definition) is 4. The van der Waals surface area contributed by atoms with Crippen LogP contribution in [-0.2, 0) is 16.6 Å². The average Bonchev–Trinajstić information content (AvgIpc) is 2.81. The Morgan fingerprint density at radius 2 is 2.05 bits per heavy atom. The highest BCUT2D eigenvalue weighted by Crippen LogP contribution is 2.19. The van der Waals surface area contributed by atoms with Crippen molar-refractivity contribution in [3.05, 3.63) is 51.7 Å². The number of nitrogens with one attached hydrogen (secondary N) is 1. The van der Waals surface area contributed by atoms with Crippen LogP contribution >= 0.6 is 11.3 Å². The molecular weight excluding hydrogens is 292 g/mol. The van der Waals surface area contributed by atoms with E-state index in [1.54, 1.807) is 23.5 Å². The number of thiophene rings is 1. The molecule has 4 nitrogen and oxygen atoms in total. The highest BCUT2D eigenvalue weighted by Gasteiger charge is 2.11. The van der Waals surface area contributed by atoms with Gasteiger partial charge >= 0.3 is 0 Å². The Morgan fingerprint density at radius 3 is 2.65 bits per heavy atom. The van der Waals surface area contributed by atoms with Gasteiger partial charge in [-0.05, 0) is 43.7 Å². The van der Waals surface area contributed by atoms with E-state index in [0.717, 1.165) is 12.1 Å². The molecule has 2 aromatic rings. The van der Waals surface area contributed by atoms with Gasteiger partial charge in [0, 0.05) is 22.3 Å². The van der Waals surface area contributed by atoms with Gasteiger partial charge in [-0.1, -0.05) is 12.1 Å². The minimum absolute atomic E-state index is 0.0547. The lowest BCUT2D eigenvalue weighted by molar-refractivity contribution is 0.576. The first kappa shape index (κ1) is 15.2. The van der Waals surface area contributed by atoms with Crippen molar-refractivity contribution in [3.8, 4) is 0 Å². The molecule has 0 spiro atoms. The van der Waals surface area contributed by atoms with E-state index in [2.05, 4.69) is 24.4 Å². The Morgan fingerprint density at radius 1 is 1.30 bits per heavy atom. The summed E-state index contributed by atoms with van der Waals surface area (Å²) in [6.07, 6.45) is 0. The lowest BCUT2D eigenvalue weighted by Gasteiger charge is -2.14. The second-order valence-corrected chi connectivity index (χ2v) is 7.67. The van der Waals surface area contributed by atoms with Gasteiger partial charge in [0.15, 0.2) is 0 Å². The van der Waals surface area contributed by atoms with Gasteiger partial charge < -0.3 is 5.32 Å². The number of rotatable bonds is 5. The standard InChI is InChI=1S/C14H18N2O2S2/c1-10-6-7-13(19-10)9-16-11(2)12-4-3-5-14(8-12)20(15,17)18/h3-8,11,16H,9H2,1-2H3,(H2,15,17,18). The van der Waals surface area contributed by atoms with Gasteiger partial charge in [0.2, 0.25) is 10.0 Å². The van der Waals surface area contributed by atoms with Gasteiger partial charge in [0.05, 0.1) is 4.90 Å². The van der Waals surface area contributed by atoms with Crippen LogP contribution in [0, 0.1) is 6.92 Å². The van der Waals surface area contributed by atoms with E-state index in [1.807, 2.05) is 13.0 Å². The monoisotopic (exact) mass is 310 g/mol. The first-order valence-corrected chi connectivity index (χ1v) is 8.64. The molecule has 0 fully saturated rings. The summed E-state index contributed by atoms with van der Waals surface area (Å²) < 4.78 is 22.7. The fraction of sp³-hybridized carbons (Fsp3) is 0.286. The summed E-state index contributed by atoms with van der Waals surface area (Å²) in [7, 11) is -3.65. The summed E-state index contributed by atoms with van der Waals surface area (Å²) in [5.41, 5.74) is 0.907. The molecule has 20 heavy (non-hydrogen) atoms. The Balaban J connectivity index is 2.07. The van der Waals surface area contributed by atoms with Gasteiger partial charge in [-0.2, -0.15) is 0 Å². The van der Waals surface area contributed by atoms with E-state index in [-0.39, 0.29) is 10.9 Å². The largest absolute Gasteiger partial charge is 0.305 e. The summed E-state index contributed by atoms with van der Waals surface area (Å²) in [4.78, 5) is 2.69. The van der Waals surface area contributed by atoms with E-state index in [0.29, 0.717) is 0 Å². The van der Waals surface area contributed by atoms with Gasteiger partial charge in [0.1, 0.15) is 0 Å². The van der Waals surface area contributed by atoms with Crippen molar-refractivity contribution < 1.29 is 8.42 Å². The van der Waals surface area contributed by atoms with Crippen molar-refractivity contribution in [2.75, 3.05) is 0 Å². The van der Waals surface area contributed by atoms with Crippen LogP contribution in [0.15, 0.2) is 41.3 Å². The summed E-state index contributed by atoms with van der Waals surface area (Å²) in [6.45, 7) is 4.84. The van der Waals surface area contributed by atoms with Gasteiger partial charge in [0.25, 0.3) is 0 Å². The van der Waals surface area contributed by atoms with Crippen LogP contribution in [-0.4, -0.2) is 8.42 Å². The smallest absolute Gasteiger partial charge is 0.238 e. The SMILES string of the molecule is Cc1ccc(CNC(C)c2cccc(S(N)(=O)=O)c2)s1. The van der Waals surface area contributed by atoms with E-state index in [4.69, 9.17) is 5.14 Å². The van der Waals surface area contributed by atoms with Crippen molar-refractivity contribution in [1.29, 1.82) is 0 Å². The number of hydrogen-bond donors (Lipinski definition) is 2. The third kappa shape index (κ3) is 3.89. The molecule has 0 saturated heterocycles. The fourth-order valence-corrected chi connectivity index (χ4v) is 3.32. The zero-order chi connectivity index (χ0) is 14.8. The Hall–Kier alpha value is -1.21. The molecule has 2 rings (SSSR count). The molecule has 3 N–H and O–H groups in total. The number of nitrogens with two attached hydrogens (primary N) is 1. The zero-order valence-corrected chi connectivity index (χ0v) is 13.1. The van der Waals surface area contributed by atoms with E-state index in [1.165, 1.54) is 15.8 Å². The first-order chi connectivity index (χ1) is 9.36. The zero-order valence-electron chi connectivity index (χ0n) is 11.5. The van der Waals surface area contributed by atoms with Crippen molar-refractivity contribution >= 4 is 21.4 Å². The van der Waals surface area contributed by atoms with E-state index < -0.39 is 10.0 Å². The molecule has 1 unspecified atom stereocenters. The molecule has 0 amide bonds. The summed E-state index contributed by atoms with van der Waals surface area (Å²) in [5, 5.41) is 8.53. The maximum Gasteiger partial charge on any atom is 0.238 e. The van der Waals surface area contributed by atoms with Crippen molar-refractivity contribution in [2.45, 2.75) is 31.3 Å². The Labute approximate surface area is 123 Å². The predicted molar refractivity (Wildman–Crippen MR) is 82.1 cm³/mol. The molecule has 1 heterocycles. The maximum atomic E-state index is 11.3. The molecule has 1 aromatic carbocycles. The third-order valence-electron chi connectivity index (χ3n) is 3.07. The second-order valence-electron chi connectivity index (χ2n) is 4.73. The molecular formula is C14H18N2O2S2. The average molecular weight is 310 g/mol. The highest BCUT2D eigenvalue weighted by molar-refractivity contribution is 7.89. The minimum atomic E-state index is -3.65. The molecule has 0 bridgehead atoms. The lowest BCUT2D eigenvalue weighted by atomic mass is 10.1. The first-order valence-electron chi connectivity index (χ1n) is 6.28. The Kier molecular flexibility index (Phi) is 4.59. The van der Waals surface area contributed by atoms with E-state index >= 15 is 0 Å². The number of aryl methyl sites for hydroxylation is 1. The summed E-state index contributed by atoms with van der Waals surface area (Å²) >= 11 is 1.75. The topological polar surface area (TPSA) is 72.2 Å². The fourth-order valence-electron chi connectivity index (χ4n) is 1.91. The molecule has 108 valence electrons. The normalized spacial score (nSPS) is 13.3. The van der Waals surface area contributed by atoms with Gasteiger partial charge in [-0.15, -0.1) is 11.3 Å². The van der Waals surface area contributed by atoms with Crippen LogP contribution in [0.25, 0.3) is 0 Å². The minimum Gasteiger partial charge on any atom is -0.305 e. The second kappa shape index (κ2) is 6.05. The molecule has 0 aliphatic carbocycles. The van der Waals surface area contributed by atoms with Crippen molar-refractivity contribution in [1.82, 2.24) is 5.32 Å². The quantitative estimate of drug-likeness (QED) is 0.891. The molecule has 0 radical (unpaired) electrons. The van der Waals surface area contributed by atoms with Crippen LogP contribution in [0.3, 0.4) is 0 Å². The summed E-state index contributed by atoms with van der Waals surface area (Å²) in [5.74, 6) is 0. The molecule has 6 heteroatoms. The molecule has 1 atom stereocenters. The highest BCUT2D eigenvalue weighted by atomic mass is 32.2. The Bertz CT molecular complexity index is 693. The van der Waals surface area contributed by atoms with Crippen LogP contribution < -0.4 is 10.5 Å². The molecule has 1 aromatic heterocycles. The van der Waals surface area contributed by atoms with Crippen LogP contribution in [0.1, 0.15) is 28.3 Å².